The Morgan fingerprint density at radius 3 is 2.43 bits per heavy atom. The predicted molar refractivity (Wildman–Crippen MR) is 109 cm³/mol. The van der Waals surface area contributed by atoms with Crippen molar-refractivity contribution in [1.29, 1.82) is 0 Å². The van der Waals surface area contributed by atoms with Gasteiger partial charge in [0.1, 0.15) is 0 Å². The molecule has 3 fully saturated rings. The van der Waals surface area contributed by atoms with Crippen molar-refractivity contribution >= 4 is 11.8 Å². The summed E-state index contributed by atoms with van der Waals surface area (Å²) >= 11 is 0. The average molecular weight is 385 g/mol. The minimum absolute atomic E-state index is 0.124. The molecule has 4 rings (SSSR count). The number of benzene rings is 1. The maximum absolute atomic E-state index is 12.9. The lowest BCUT2D eigenvalue weighted by atomic mass is 10.1. The van der Waals surface area contributed by atoms with E-state index < -0.39 is 0 Å². The lowest BCUT2D eigenvalue weighted by molar-refractivity contribution is -0.124. The molecular weight excluding hydrogens is 352 g/mol. The van der Waals surface area contributed by atoms with Crippen molar-refractivity contribution in [2.75, 3.05) is 39.3 Å². The smallest absolute Gasteiger partial charge is 0.253 e. The molecule has 1 saturated carbocycles. The fourth-order valence-corrected chi connectivity index (χ4v) is 4.74. The number of rotatable bonds is 5. The summed E-state index contributed by atoms with van der Waals surface area (Å²) < 4.78 is 0. The second kappa shape index (κ2) is 9.05. The van der Waals surface area contributed by atoms with Gasteiger partial charge in [0.05, 0.1) is 0 Å². The molecule has 152 valence electrons. The molecule has 1 aliphatic carbocycles. The van der Waals surface area contributed by atoms with Crippen molar-refractivity contribution in [3.63, 3.8) is 0 Å². The van der Waals surface area contributed by atoms with Crippen LogP contribution in [-0.2, 0) is 11.3 Å². The number of nitrogens with zero attached hydrogens (tertiary/aromatic N) is 2. The quantitative estimate of drug-likeness (QED) is 0.810. The van der Waals surface area contributed by atoms with Gasteiger partial charge in [-0.25, -0.2) is 0 Å². The van der Waals surface area contributed by atoms with E-state index in [1.807, 2.05) is 29.2 Å². The first-order valence-corrected chi connectivity index (χ1v) is 10.8. The number of carbonyl (C=O) groups is 2. The number of carbonyl (C=O) groups excluding carboxylic acids is 2. The Balaban J connectivity index is 1.27. The fourth-order valence-electron chi connectivity index (χ4n) is 4.74. The minimum Gasteiger partial charge on any atom is -0.352 e. The summed E-state index contributed by atoms with van der Waals surface area (Å²) in [5, 5.41) is 6.43. The first-order valence-electron chi connectivity index (χ1n) is 10.8. The topological polar surface area (TPSA) is 64.7 Å². The Kier molecular flexibility index (Phi) is 6.27. The Labute approximate surface area is 167 Å². The third kappa shape index (κ3) is 4.55. The maximum Gasteiger partial charge on any atom is 0.253 e. The summed E-state index contributed by atoms with van der Waals surface area (Å²) in [6.45, 7) is 6.46. The third-order valence-corrected chi connectivity index (χ3v) is 6.51. The minimum atomic E-state index is 0.124. The van der Waals surface area contributed by atoms with Crippen LogP contribution in [0.3, 0.4) is 0 Å². The molecule has 2 amide bonds. The van der Waals surface area contributed by atoms with Gasteiger partial charge in [0, 0.05) is 63.3 Å². The lowest BCUT2D eigenvalue weighted by Gasteiger charge is -2.32. The molecule has 6 heteroatoms. The number of hydrogen-bond donors (Lipinski definition) is 2. The van der Waals surface area contributed by atoms with E-state index in [2.05, 4.69) is 15.5 Å². The van der Waals surface area contributed by atoms with Gasteiger partial charge >= 0.3 is 0 Å². The molecule has 0 radical (unpaired) electrons. The van der Waals surface area contributed by atoms with Gasteiger partial charge in [0.25, 0.3) is 5.91 Å². The normalized spacial score (nSPS) is 23.9. The van der Waals surface area contributed by atoms with E-state index in [9.17, 15) is 9.59 Å². The SMILES string of the molecule is O=C(NCc1ccc(C(=O)N2CCC(N3CCNCC3)C2)cc1)C1CCCC1. The largest absolute Gasteiger partial charge is 0.352 e. The van der Waals surface area contributed by atoms with Gasteiger partial charge in [-0.15, -0.1) is 0 Å². The zero-order valence-electron chi connectivity index (χ0n) is 16.7. The highest BCUT2D eigenvalue weighted by molar-refractivity contribution is 5.94. The van der Waals surface area contributed by atoms with E-state index in [1.165, 1.54) is 12.8 Å². The zero-order valence-corrected chi connectivity index (χ0v) is 16.7. The van der Waals surface area contributed by atoms with Crippen molar-refractivity contribution < 1.29 is 9.59 Å². The van der Waals surface area contributed by atoms with E-state index in [-0.39, 0.29) is 17.7 Å². The van der Waals surface area contributed by atoms with Gasteiger partial charge in [-0.2, -0.15) is 0 Å². The van der Waals surface area contributed by atoms with Gasteiger partial charge in [-0.1, -0.05) is 25.0 Å². The molecule has 1 atom stereocenters. The zero-order chi connectivity index (χ0) is 19.3. The standard InChI is InChI=1S/C22H32N4O2/c27-21(18-3-1-2-4-18)24-15-17-5-7-19(8-6-17)22(28)26-12-9-20(16-26)25-13-10-23-11-14-25/h5-8,18,20,23H,1-4,9-16H2,(H,24,27). The van der Waals surface area contributed by atoms with E-state index in [1.54, 1.807) is 0 Å². The molecule has 2 N–H and O–H groups in total. The Morgan fingerprint density at radius 2 is 1.71 bits per heavy atom. The molecule has 2 aliphatic heterocycles. The van der Waals surface area contributed by atoms with Crippen molar-refractivity contribution in [1.82, 2.24) is 20.4 Å². The van der Waals surface area contributed by atoms with Crippen LogP contribution in [0.5, 0.6) is 0 Å². The first-order chi connectivity index (χ1) is 13.7. The number of piperazine rings is 1. The van der Waals surface area contributed by atoms with Gasteiger partial charge < -0.3 is 15.5 Å². The third-order valence-electron chi connectivity index (χ3n) is 6.51. The molecule has 0 bridgehead atoms. The highest BCUT2D eigenvalue weighted by Crippen LogP contribution is 2.24. The molecule has 6 nitrogen and oxygen atoms in total. The molecule has 2 heterocycles. The monoisotopic (exact) mass is 384 g/mol. The lowest BCUT2D eigenvalue weighted by Crippen LogP contribution is -2.49. The van der Waals surface area contributed by atoms with Crippen LogP contribution in [-0.4, -0.2) is 66.9 Å². The summed E-state index contributed by atoms with van der Waals surface area (Å²) in [4.78, 5) is 29.5. The van der Waals surface area contributed by atoms with E-state index in [0.717, 1.165) is 69.7 Å². The summed E-state index contributed by atoms with van der Waals surface area (Å²) in [5.74, 6) is 0.493. The first kappa shape index (κ1) is 19.4. The molecular formula is C22H32N4O2. The molecule has 0 spiro atoms. The molecule has 28 heavy (non-hydrogen) atoms. The van der Waals surface area contributed by atoms with Crippen LogP contribution in [0, 0.1) is 5.92 Å². The highest BCUT2D eigenvalue weighted by Gasteiger charge is 2.31. The van der Waals surface area contributed by atoms with Gasteiger partial charge in [-0.3, -0.25) is 14.5 Å². The molecule has 2 saturated heterocycles. The Hall–Kier alpha value is -1.92. The Morgan fingerprint density at radius 1 is 1.00 bits per heavy atom. The molecule has 1 aromatic rings. The molecule has 3 aliphatic rings. The number of amides is 2. The molecule has 1 aromatic carbocycles. The molecule has 0 aromatic heterocycles. The van der Waals surface area contributed by atoms with Crippen molar-refractivity contribution in [3.8, 4) is 0 Å². The summed E-state index contributed by atoms with van der Waals surface area (Å²) in [7, 11) is 0. The van der Waals surface area contributed by atoms with Crippen LogP contribution in [0.25, 0.3) is 0 Å². The number of likely N-dealkylation sites (tertiary alicyclic amines) is 1. The van der Waals surface area contributed by atoms with E-state index >= 15 is 0 Å². The second-order valence-electron chi connectivity index (χ2n) is 8.38. The van der Waals surface area contributed by atoms with Crippen molar-refractivity contribution in [2.24, 2.45) is 5.92 Å². The highest BCUT2D eigenvalue weighted by atomic mass is 16.2. The van der Waals surface area contributed by atoms with Crippen LogP contribution < -0.4 is 10.6 Å². The van der Waals surface area contributed by atoms with Crippen LogP contribution in [0.2, 0.25) is 0 Å². The Bertz CT molecular complexity index is 678. The summed E-state index contributed by atoms with van der Waals surface area (Å²) in [5.41, 5.74) is 1.79. The van der Waals surface area contributed by atoms with Crippen LogP contribution in [0.1, 0.15) is 48.0 Å². The number of nitrogens with one attached hydrogen (secondary N) is 2. The summed E-state index contributed by atoms with van der Waals surface area (Å²) in [6, 6.07) is 8.23. The van der Waals surface area contributed by atoms with Gasteiger partial charge in [-0.05, 0) is 37.0 Å². The van der Waals surface area contributed by atoms with Gasteiger partial charge in [0.15, 0.2) is 0 Å². The molecule has 1 unspecified atom stereocenters. The van der Waals surface area contributed by atoms with E-state index in [0.29, 0.717) is 12.6 Å². The maximum atomic E-state index is 12.9. The van der Waals surface area contributed by atoms with Crippen molar-refractivity contribution in [2.45, 2.75) is 44.7 Å². The van der Waals surface area contributed by atoms with Crippen LogP contribution in [0.4, 0.5) is 0 Å². The van der Waals surface area contributed by atoms with Crippen molar-refractivity contribution in [3.05, 3.63) is 35.4 Å². The van der Waals surface area contributed by atoms with Gasteiger partial charge in [0.2, 0.25) is 5.91 Å². The second-order valence-corrected chi connectivity index (χ2v) is 8.38. The fraction of sp³-hybridized carbons (Fsp3) is 0.636. The van der Waals surface area contributed by atoms with Crippen LogP contribution in [0.15, 0.2) is 24.3 Å². The predicted octanol–water partition coefficient (Wildman–Crippen LogP) is 1.61. The van der Waals surface area contributed by atoms with Crippen LogP contribution >= 0.6 is 0 Å². The average Bonchev–Trinajstić information content (AvgIpc) is 3.45. The summed E-state index contributed by atoms with van der Waals surface area (Å²) in [6.07, 6.45) is 5.44. The number of hydrogen-bond acceptors (Lipinski definition) is 4. The van der Waals surface area contributed by atoms with E-state index in [4.69, 9.17) is 0 Å².